The number of ether oxygens (including phenoxy) is 1. The highest BCUT2D eigenvalue weighted by Gasteiger charge is 2.36. The fraction of sp³-hybridized carbons (Fsp3) is 0.226. The summed E-state index contributed by atoms with van der Waals surface area (Å²) in [5, 5.41) is 0. The van der Waals surface area contributed by atoms with Gasteiger partial charge in [0.05, 0.1) is 30.2 Å². The van der Waals surface area contributed by atoms with Gasteiger partial charge in [0.15, 0.2) is 0 Å². The summed E-state index contributed by atoms with van der Waals surface area (Å²) >= 11 is 0. The van der Waals surface area contributed by atoms with Gasteiger partial charge in [0.1, 0.15) is 0 Å². The molecular weight excluding hydrogens is 480 g/mol. The van der Waals surface area contributed by atoms with Crippen LogP contribution in [0.15, 0.2) is 114 Å². The molecule has 0 saturated heterocycles. The Kier molecular flexibility index (Phi) is 8.90. The zero-order valence-corrected chi connectivity index (χ0v) is 22.1. The number of sulfonamides is 1. The van der Waals surface area contributed by atoms with Crippen LogP contribution in [0.3, 0.4) is 0 Å². The zero-order chi connectivity index (χ0) is 26.3. The number of benzene rings is 4. The van der Waals surface area contributed by atoms with Crippen LogP contribution in [-0.2, 0) is 21.4 Å². The van der Waals surface area contributed by atoms with Gasteiger partial charge < -0.3 is 10.5 Å². The zero-order valence-electron chi connectivity index (χ0n) is 21.3. The lowest BCUT2D eigenvalue weighted by Crippen LogP contribution is -2.42. The van der Waals surface area contributed by atoms with Crippen molar-refractivity contribution in [3.8, 4) is 0 Å². The molecule has 5 nitrogen and oxygen atoms in total. The van der Waals surface area contributed by atoms with E-state index in [1.807, 2.05) is 111 Å². The van der Waals surface area contributed by atoms with Crippen molar-refractivity contribution in [1.29, 1.82) is 0 Å². The van der Waals surface area contributed by atoms with Crippen LogP contribution in [0.25, 0.3) is 0 Å². The molecule has 4 aromatic rings. The van der Waals surface area contributed by atoms with Gasteiger partial charge in [-0.1, -0.05) is 108 Å². The molecule has 0 amide bonds. The molecule has 0 fully saturated rings. The van der Waals surface area contributed by atoms with E-state index in [9.17, 15) is 8.42 Å². The second-order valence-electron chi connectivity index (χ2n) is 9.26. The van der Waals surface area contributed by atoms with Crippen LogP contribution in [0, 0.1) is 13.8 Å². The third-order valence-corrected chi connectivity index (χ3v) is 8.34. The maximum Gasteiger partial charge on any atom is 0.243 e. The van der Waals surface area contributed by atoms with Crippen LogP contribution in [0.5, 0.6) is 0 Å². The van der Waals surface area contributed by atoms with Crippen molar-refractivity contribution in [1.82, 2.24) is 4.31 Å². The molecule has 0 aliphatic heterocycles. The van der Waals surface area contributed by atoms with Gasteiger partial charge in [-0.05, 0) is 42.7 Å². The first-order valence-corrected chi connectivity index (χ1v) is 13.9. The predicted octanol–water partition coefficient (Wildman–Crippen LogP) is 5.95. The maximum atomic E-state index is 14.1. The molecule has 0 aromatic heterocycles. The molecule has 6 heteroatoms. The Bertz CT molecular complexity index is 1360. The van der Waals surface area contributed by atoms with Crippen molar-refractivity contribution in [3.05, 3.63) is 137 Å². The Morgan fingerprint density at radius 1 is 0.730 bits per heavy atom. The van der Waals surface area contributed by atoms with Crippen molar-refractivity contribution in [2.24, 2.45) is 5.73 Å². The molecule has 0 unspecified atom stereocenters. The molecule has 0 heterocycles. The van der Waals surface area contributed by atoms with E-state index in [-0.39, 0.29) is 18.0 Å². The van der Waals surface area contributed by atoms with E-state index < -0.39 is 22.1 Å². The van der Waals surface area contributed by atoms with Gasteiger partial charge in [0.25, 0.3) is 0 Å². The molecule has 37 heavy (non-hydrogen) atoms. The van der Waals surface area contributed by atoms with Gasteiger partial charge in [-0.2, -0.15) is 4.31 Å². The summed E-state index contributed by atoms with van der Waals surface area (Å²) in [6, 6.07) is 33.1. The van der Waals surface area contributed by atoms with Crippen molar-refractivity contribution in [2.45, 2.75) is 37.4 Å². The third kappa shape index (κ3) is 6.73. The van der Waals surface area contributed by atoms with Crippen molar-refractivity contribution >= 4 is 10.0 Å². The molecule has 0 spiro atoms. The SMILES string of the molecule is Cc1ccc(COCCN([C@@H](c2ccccc2)[C@@H](N)c2ccccc2)S(=O)(=O)c2ccc(C)cc2)cc1. The van der Waals surface area contributed by atoms with Crippen LogP contribution in [-0.4, -0.2) is 25.9 Å². The molecule has 0 bridgehead atoms. The Morgan fingerprint density at radius 3 is 1.81 bits per heavy atom. The minimum absolute atomic E-state index is 0.155. The fourth-order valence-corrected chi connectivity index (χ4v) is 5.96. The number of rotatable bonds is 11. The van der Waals surface area contributed by atoms with E-state index >= 15 is 0 Å². The molecular formula is C31H34N2O3S. The van der Waals surface area contributed by atoms with E-state index in [1.54, 1.807) is 12.1 Å². The standard InChI is InChI=1S/C31H34N2O3S/c1-24-13-17-26(18-14-24)23-36-22-21-33(37(34,35)29-19-15-25(2)16-20-29)31(28-11-7-4-8-12-28)30(32)27-9-5-3-6-10-27/h3-20,30-31H,21-23,32H2,1-2H3/t30-,31-/m0/s1. The fourth-order valence-electron chi connectivity index (χ4n) is 4.34. The van der Waals surface area contributed by atoms with E-state index in [1.165, 1.54) is 9.87 Å². The largest absolute Gasteiger partial charge is 0.375 e. The minimum Gasteiger partial charge on any atom is -0.375 e. The second-order valence-corrected chi connectivity index (χ2v) is 11.1. The van der Waals surface area contributed by atoms with Gasteiger partial charge in [0.2, 0.25) is 10.0 Å². The summed E-state index contributed by atoms with van der Waals surface area (Å²) in [7, 11) is -3.90. The van der Waals surface area contributed by atoms with Crippen molar-refractivity contribution < 1.29 is 13.2 Å². The maximum absolute atomic E-state index is 14.1. The molecule has 4 rings (SSSR count). The average molecular weight is 515 g/mol. The van der Waals surface area contributed by atoms with Gasteiger partial charge in [-0.3, -0.25) is 0 Å². The Balaban J connectivity index is 1.69. The third-order valence-electron chi connectivity index (χ3n) is 6.45. The summed E-state index contributed by atoms with van der Waals surface area (Å²) in [6.45, 7) is 4.76. The van der Waals surface area contributed by atoms with Crippen LogP contribution in [0.1, 0.15) is 39.9 Å². The molecule has 0 aliphatic carbocycles. The highest BCUT2D eigenvalue weighted by molar-refractivity contribution is 7.89. The van der Waals surface area contributed by atoms with E-state index in [0.717, 1.165) is 22.3 Å². The molecule has 0 radical (unpaired) electrons. The van der Waals surface area contributed by atoms with E-state index in [4.69, 9.17) is 10.5 Å². The quantitative estimate of drug-likeness (QED) is 0.251. The van der Waals surface area contributed by atoms with E-state index in [2.05, 4.69) is 0 Å². The average Bonchev–Trinajstić information content (AvgIpc) is 2.92. The topological polar surface area (TPSA) is 72.6 Å². The summed E-state index contributed by atoms with van der Waals surface area (Å²) < 4.78 is 35.7. The molecule has 2 atom stereocenters. The summed E-state index contributed by atoms with van der Waals surface area (Å²) in [5.41, 5.74) is 11.7. The first-order valence-electron chi connectivity index (χ1n) is 12.4. The monoisotopic (exact) mass is 514 g/mol. The lowest BCUT2D eigenvalue weighted by Gasteiger charge is -2.35. The molecule has 0 saturated carbocycles. The van der Waals surface area contributed by atoms with Crippen molar-refractivity contribution in [3.63, 3.8) is 0 Å². The summed E-state index contributed by atoms with van der Waals surface area (Å²) in [5.74, 6) is 0. The number of hydrogen-bond donors (Lipinski definition) is 1. The summed E-state index contributed by atoms with van der Waals surface area (Å²) in [4.78, 5) is 0.234. The minimum atomic E-state index is -3.90. The summed E-state index contributed by atoms with van der Waals surface area (Å²) in [6.07, 6.45) is 0. The van der Waals surface area contributed by atoms with E-state index in [0.29, 0.717) is 6.61 Å². The van der Waals surface area contributed by atoms with Crippen LogP contribution in [0.2, 0.25) is 0 Å². The smallest absolute Gasteiger partial charge is 0.243 e. The van der Waals surface area contributed by atoms with Gasteiger partial charge >= 0.3 is 0 Å². The normalized spacial score (nSPS) is 13.4. The number of nitrogens with zero attached hydrogens (tertiary/aromatic N) is 1. The molecule has 2 N–H and O–H groups in total. The lowest BCUT2D eigenvalue weighted by molar-refractivity contribution is 0.100. The Morgan fingerprint density at radius 2 is 1.24 bits per heavy atom. The van der Waals surface area contributed by atoms with Crippen LogP contribution in [0.4, 0.5) is 0 Å². The number of nitrogens with two attached hydrogens (primary N) is 1. The number of hydrogen-bond acceptors (Lipinski definition) is 4. The van der Waals surface area contributed by atoms with Crippen LogP contribution < -0.4 is 5.73 Å². The Labute approximate surface area is 220 Å². The predicted molar refractivity (Wildman–Crippen MR) is 148 cm³/mol. The second kappa shape index (κ2) is 12.3. The molecule has 0 aliphatic rings. The molecule has 4 aromatic carbocycles. The Hall–Kier alpha value is -3.29. The number of aryl methyl sites for hydroxylation is 2. The first-order chi connectivity index (χ1) is 17.9. The highest BCUT2D eigenvalue weighted by atomic mass is 32.2. The van der Waals surface area contributed by atoms with Gasteiger partial charge in [0, 0.05) is 6.54 Å². The van der Waals surface area contributed by atoms with Crippen molar-refractivity contribution in [2.75, 3.05) is 13.2 Å². The highest BCUT2D eigenvalue weighted by Crippen LogP contribution is 2.36. The molecule has 192 valence electrons. The van der Waals surface area contributed by atoms with Gasteiger partial charge in [-0.25, -0.2) is 8.42 Å². The van der Waals surface area contributed by atoms with Gasteiger partial charge in [-0.15, -0.1) is 0 Å². The van der Waals surface area contributed by atoms with Crippen LogP contribution >= 0.6 is 0 Å². The first kappa shape index (κ1) is 26.8. The lowest BCUT2D eigenvalue weighted by atomic mass is 9.94.